The zero-order valence-corrected chi connectivity index (χ0v) is 75.1. The molecule has 0 fully saturated rings. The van der Waals surface area contributed by atoms with E-state index in [1.807, 2.05) is 0 Å². The van der Waals surface area contributed by atoms with Crippen LogP contribution >= 0.6 is 15.6 Å². The van der Waals surface area contributed by atoms with Gasteiger partial charge in [0.1, 0.15) is 25.4 Å². The average molecular weight is 1670 g/mol. The minimum atomic E-state index is -4.96. The highest BCUT2D eigenvalue weighted by Gasteiger charge is 2.29. The lowest BCUT2D eigenvalue weighted by Crippen LogP contribution is -2.30. The fourth-order valence-corrected chi connectivity index (χ4v) is 13.5. The second-order valence-electron chi connectivity index (χ2n) is 30.0. The van der Waals surface area contributed by atoms with Crippen molar-refractivity contribution in [1.82, 2.24) is 0 Å². The minimum absolute atomic E-state index is 0.0384. The van der Waals surface area contributed by atoms with Gasteiger partial charge in [0.25, 0.3) is 0 Å². The maximum absolute atomic E-state index is 13.0. The molecule has 0 spiro atoms. The summed E-state index contributed by atoms with van der Waals surface area (Å²) in [5.74, 6) is -1.65. The minimum Gasteiger partial charge on any atom is -0.463 e. The Balaban J connectivity index is 4.58. The monoisotopic (exact) mass is 1670 g/mol. The summed E-state index contributed by atoms with van der Waals surface area (Å²) in [5, 5.41) is 20.7. The molecule has 5 atom stereocenters. The Morgan fingerprint density at radius 1 is 0.248 bits per heavy atom. The van der Waals surface area contributed by atoms with Crippen molar-refractivity contribution >= 4 is 33.6 Å². The molecule has 0 aromatic carbocycles. The van der Waals surface area contributed by atoms with Crippen molar-refractivity contribution in [3.05, 3.63) is 194 Å². The van der Waals surface area contributed by atoms with E-state index in [4.69, 9.17) is 32.3 Å². The molecule has 0 radical (unpaired) electrons. The predicted octanol–water partition coefficient (Wildman–Crippen LogP) is 28.2. The lowest BCUT2D eigenvalue weighted by atomic mass is 10.0. The number of rotatable bonds is 85. The van der Waals surface area contributed by atoms with Crippen molar-refractivity contribution in [2.75, 3.05) is 39.6 Å². The Morgan fingerprint density at radius 3 is 0.735 bits per heavy atom. The van der Waals surface area contributed by atoms with E-state index in [-0.39, 0.29) is 19.3 Å². The van der Waals surface area contributed by atoms with Gasteiger partial charge in [-0.2, -0.15) is 0 Å². The summed E-state index contributed by atoms with van der Waals surface area (Å²) in [4.78, 5) is 58.9. The zero-order chi connectivity index (χ0) is 85.1. The smallest absolute Gasteiger partial charge is 0.463 e. The van der Waals surface area contributed by atoms with Crippen molar-refractivity contribution in [2.24, 2.45) is 0 Å². The number of aliphatic hydroxyl groups excluding tert-OH is 2. The predicted molar refractivity (Wildman–Crippen MR) is 491 cm³/mol. The molecule has 0 heterocycles. The lowest BCUT2D eigenvalue weighted by molar-refractivity contribution is -0.161. The summed E-state index contributed by atoms with van der Waals surface area (Å²) in [5.41, 5.74) is 0. The number of phosphoric acid groups is 2. The largest absolute Gasteiger partial charge is 0.472 e. The van der Waals surface area contributed by atoms with Gasteiger partial charge >= 0.3 is 33.6 Å². The molecule has 0 amide bonds. The molecule has 0 aliphatic rings. The summed E-state index contributed by atoms with van der Waals surface area (Å²) in [6.45, 7) is 2.37. The van der Waals surface area contributed by atoms with Crippen molar-refractivity contribution < 1.29 is 75.8 Å². The molecule has 18 heteroatoms. The molecule has 0 aromatic rings. The second-order valence-corrected chi connectivity index (χ2v) is 32.9. The van der Waals surface area contributed by atoms with Gasteiger partial charge in [0.2, 0.25) is 0 Å². The van der Waals surface area contributed by atoms with Crippen LogP contribution in [0.5, 0.6) is 0 Å². The Bertz CT molecular complexity index is 2910. The van der Waals surface area contributed by atoms with Crippen LogP contribution in [-0.4, -0.2) is 95.9 Å². The van der Waals surface area contributed by atoms with E-state index in [9.17, 15) is 43.5 Å². The van der Waals surface area contributed by atoms with Gasteiger partial charge in [0.05, 0.1) is 26.4 Å². The molecule has 117 heavy (non-hydrogen) atoms. The normalized spacial score (nSPS) is 14.7. The molecule has 0 saturated carbocycles. The number of hydrogen-bond acceptors (Lipinski definition) is 14. The molecule has 0 saturated heterocycles. The Hall–Kier alpha value is -5.61. The standard InChI is InChI=1S/C99H164O16P2/c1-4-7-10-13-16-19-22-25-28-31-34-37-39-41-42-43-44-45-46-47-48-49-50-52-54-56-58-61-64-67-70-73-76-79-82-85-97(102)109-88-94(100)89-111-116(105,106)112-90-95(101)91-113-117(107,108)114-93-96(115-99(104)87-84-81-78-75-72-69-66-63-60-55-36-33-30-27-24-21-18-15-12-9-6-3)92-110-98(103)86-83-80-77-74-71-68-65-62-59-57-53-51-40-38-35-32-29-26-23-20-17-14-11-8-5-2/h8-9,11-12,16-21,25-30,34-38,41-42,51,53,55,59,62-63,66,72,75,94-96,100-101H,4-7,10,13-15,22-24,31-33,39-40,43-50,52,54,56-58,60-61,64-65,67-71,73-74,76-93H2,1-3H3,(H,105,106)(H,107,108)/b11-8-,12-9-,19-16-,20-17-,21-18-,28-25-,29-26-,30-27-,37-34-,38-35-,42-41-,53-51-,55-36-,62-59-,66-63-,75-72-. The van der Waals surface area contributed by atoms with E-state index in [1.165, 1.54) is 128 Å². The summed E-state index contributed by atoms with van der Waals surface area (Å²) in [6, 6.07) is 0. The van der Waals surface area contributed by atoms with E-state index in [0.717, 1.165) is 161 Å². The highest BCUT2D eigenvalue weighted by Crippen LogP contribution is 2.45. The molecule has 0 aliphatic carbocycles. The number of ether oxygens (including phenoxy) is 3. The zero-order valence-electron chi connectivity index (χ0n) is 73.3. The SMILES string of the molecule is CC/C=C\C/C=C\C/C=C\C/C=C\C/C=C\C/C=C\CCCCCCCCC(=O)OCC(COP(=O)(O)OCC(O)COP(=O)(O)OCC(O)COC(=O)CCCCCCCCCCCCCCCCCCCCC/C=C\C/C=C\C/C=C\C/C=C\CCCCC)OC(=O)CCCC/C=C\C/C=C\C/C=C\C/C=C\C/C=C\C/C=C\CC. The third kappa shape index (κ3) is 91.0. The Labute approximate surface area is 712 Å². The molecule has 0 aromatic heterocycles. The first-order chi connectivity index (χ1) is 57.2. The first-order valence-corrected chi connectivity index (χ1v) is 48.7. The van der Waals surface area contributed by atoms with Crippen LogP contribution < -0.4 is 0 Å². The Kier molecular flexibility index (Phi) is 85.3. The molecule has 4 N–H and O–H groups in total. The maximum atomic E-state index is 13.0. The van der Waals surface area contributed by atoms with Gasteiger partial charge in [-0.1, -0.05) is 363 Å². The van der Waals surface area contributed by atoms with Crippen molar-refractivity contribution in [3.8, 4) is 0 Å². The van der Waals surface area contributed by atoms with Crippen LogP contribution in [-0.2, 0) is 55.8 Å². The number of carbonyl (C=O) groups is 3. The van der Waals surface area contributed by atoms with Crippen molar-refractivity contribution in [3.63, 3.8) is 0 Å². The third-order valence-corrected chi connectivity index (χ3v) is 20.7. The molecule has 666 valence electrons. The van der Waals surface area contributed by atoms with Crippen molar-refractivity contribution in [2.45, 2.75) is 373 Å². The van der Waals surface area contributed by atoms with Crippen molar-refractivity contribution in [1.29, 1.82) is 0 Å². The number of hydrogen-bond donors (Lipinski definition) is 4. The quantitative estimate of drug-likeness (QED) is 0.0146. The molecule has 0 bridgehead atoms. The molecule has 0 rings (SSSR count). The third-order valence-electron chi connectivity index (χ3n) is 18.8. The highest BCUT2D eigenvalue weighted by molar-refractivity contribution is 7.47. The van der Waals surface area contributed by atoms with Gasteiger partial charge < -0.3 is 34.2 Å². The van der Waals surface area contributed by atoms with Gasteiger partial charge in [-0.3, -0.25) is 32.5 Å². The number of carbonyl (C=O) groups excluding carboxylic acids is 3. The number of allylic oxidation sites excluding steroid dienone is 32. The fraction of sp³-hybridized carbons (Fsp3) is 0.646. The summed E-state index contributed by atoms with van der Waals surface area (Å²) < 4.78 is 61.4. The number of aliphatic hydroxyl groups is 2. The summed E-state index contributed by atoms with van der Waals surface area (Å²) in [6.07, 6.45) is 119. The van der Waals surface area contributed by atoms with Gasteiger partial charge in [0, 0.05) is 19.3 Å². The van der Waals surface area contributed by atoms with Gasteiger partial charge in [0.15, 0.2) is 6.10 Å². The summed E-state index contributed by atoms with van der Waals surface area (Å²) >= 11 is 0. The average Bonchev–Trinajstić information content (AvgIpc) is 0.901. The topological polar surface area (TPSA) is 231 Å². The first-order valence-electron chi connectivity index (χ1n) is 45.7. The molecule has 5 unspecified atom stereocenters. The molecule has 0 aliphatic heterocycles. The van der Waals surface area contributed by atoms with Crippen LogP contribution in [0.3, 0.4) is 0 Å². The second kappa shape index (κ2) is 89.6. The highest BCUT2D eigenvalue weighted by atomic mass is 31.2. The van der Waals surface area contributed by atoms with E-state index < -0.39 is 91.5 Å². The maximum Gasteiger partial charge on any atom is 0.472 e. The van der Waals surface area contributed by atoms with E-state index in [2.05, 4.69) is 215 Å². The molecular weight excluding hydrogens is 1510 g/mol. The number of phosphoric ester groups is 2. The lowest BCUT2D eigenvalue weighted by Gasteiger charge is -2.21. The van der Waals surface area contributed by atoms with E-state index in [0.29, 0.717) is 25.7 Å². The van der Waals surface area contributed by atoms with Gasteiger partial charge in [-0.15, -0.1) is 0 Å². The van der Waals surface area contributed by atoms with Crippen LogP contribution in [0.4, 0.5) is 0 Å². The molecule has 16 nitrogen and oxygen atoms in total. The summed E-state index contributed by atoms with van der Waals surface area (Å²) in [7, 11) is -9.84. The fourth-order valence-electron chi connectivity index (χ4n) is 11.9. The number of esters is 3. The van der Waals surface area contributed by atoms with Crippen LogP contribution in [0.1, 0.15) is 355 Å². The molecular formula is C99H164O16P2. The van der Waals surface area contributed by atoms with E-state index >= 15 is 0 Å². The Morgan fingerprint density at radius 2 is 0.453 bits per heavy atom. The first kappa shape index (κ1) is 111. The van der Waals surface area contributed by atoms with Crippen LogP contribution in [0.15, 0.2) is 194 Å². The number of unbranched alkanes of at least 4 members (excludes halogenated alkanes) is 30. The van der Waals surface area contributed by atoms with Crippen LogP contribution in [0.25, 0.3) is 0 Å². The van der Waals surface area contributed by atoms with Gasteiger partial charge in [-0.05, 0) is 167 Å². The van der Waals surface area contributed by atoms with E-state index in [1.54, 1.807) is 0 Å². The van der Waals surface area contributed by atoms with Gasteiger partial charge in [-0.25, -0.2) is 9.13 Å². The van der Waals surface area contributed by atoms with Crippen LogP contribution in [0.2, 0.25) is 0 Å². The van der Waals surface area contributed by atoms with Crippen LogP contribution in [0, 0.1) is 0 Å².